The highest BCUT2D eigenvalue weighted by Gasteiger charge is 2.23. The van der Waals surface area contributed by atoms with Crippen LogP contribution in [0.15, 0.2) is 15.9 Å². The fourth-order valence-electron chi connectivity index (χ4n) is 2.09. The molecule has 1 aliphatic rings. The van der Waals surface area contributed by atoms with Crippen LogP contribution in [-0.4, -0.2) is 59.6 Å². The molecule has 1 saturated heterocycles. The molecule has 0 saturated carbocycles. The molecule has 0 radical (unpaired) electrons. The number of thiophene rings is 1. The van der Waals surface area contributed by atoms with Gasteiger partial charge in [0.2, 0.25) is 0 Å². The summed E-state index contributed by atoms with van der Waals surface area (Å²) in [7, 11) is 0. The molecule has 0 spiro atoms. The Hall–Kier alpha value is -0.430. The molecule has 1 aliphatic heterocycles. The topological polar surface area (TPSA) is 43.8 Å². The second kappa shape index (κ2) is 6.14. The molecular formula is C12H17BrN2O2S. The molecule has 2 rings (SSSR count). The minimum absolute atomic E-state index is 0.113. The second-order valence-electron chi connectivity index (χ2n) is 4.55. The van der Waals surface area contributed by atoms with E-state index in [0.29, 0.717) is 6.54 Å². The van der Waals surface area contributed by atoms with E-state index in [0.717, 1.165) is 34.8 Å². The molecule has 0 aromatic carbocycles. The Bertz CT molecular complexity index is 414. The Labute approximate surface area is 119 Å². The summed E-state index contributed by atoms with van der Waals surface area (Å²) >= 11 is 4.85. The zero-order valence-electron chi connectivity index (χ0n) is 10.3. The molecule has 1 amide bonds. The molecule has 0 unspecified atom stereocenters. The molecule has 1 N–H and O–H groups in total. The van der Waals surface area contributed by atoms with E-state index in [1.54, 1.807) is 6.92 Å². The summed E-state index contributed by atoms with van der Waals surface area (Å²) in [4.78, 5) is 17.1. The first-order valence-electron chi connectivity index (χ1n) is 6.01. The van der Waals surface area contributed by atoms with Crippen molar-refractivity contribution < 1.29 is 9.90 Å². The van der Waals surface area contributed by atoms with Gasteiger partial charge in [-0.1, -0.05) is 0 Å². The molecule has 100 valence electrons. The van der Waals surface area contributed by atoms with Gasteiger partial charge < -0.3 is 10.0 Å². The molecule has 4 nitrogen and oxygen atoms in total. The first-order chi connectivity index (χ1) is 8.56. The molecular weight excluding hydrogens is 316 g/mol. The van der Waals surface area contributed by atoms with Gasteiger partial charge in [-0.15, -0.1) is 11.3 Å². The van der Waals surface area contributed by atoms with Gasteiger partial charge in [0.25, 0.3) is 5.91 Å². The van der Waals surface area contributed by atoms with Crippen LogP contribution in [0.2, 0.25) is 0 Å². The Morgan fingerprint density at radius 3 is 2.61 bits per heavy atom. The molecule has 1 aromatic rings. The molecule has 18 heavy (non-hydrogen) atoms. The zero-order valence-corrected chi connectivity index (χ0v) is 12.7. The Morgan fingerprint density at radius 2 is 2.11 bits per heavy atom. The van der Waals surface area contributed by atoms with Crippen LogP contribution in [0.3, 0.4) is 0 Å². The maximum atomic E-state index is 12.2. The number of nitrogens with zero attached hydrogens (tertiary/aromatic N) is 2. The number of halogens is 1. The Kier molecular flexibility index (Phi) is 4.77. The highest BCUT2D eigenvalue weighted by atomic mass is 79.9. The second-order valence-corrected chi connectivity index (χ2v) is 7.01. The van der Waals surface area contributed by atoms with Crippen LogP contribution in [-0.2, 0) is 0 Å². The fourth-order valence-corrected chi connectivity index (χ4v) is 3.45. The molecule has 0 bridgehead atoms. The van der Waals surface area contributed by atoms with Gasteiger partial charge in [0, 0.05) is 32.7 Å². The van der Waals surface area contributed by atoms with Gasteiger partial charge in [0.05, 0.1) is 14.8 Å². The van der Waals surface area contributed by atoms with Crippen molar-refractivity contribution >= 4 is 33.2 Å². The van der Waals surface area contributed by atoms with Crippen LogP contribution in [0.5, 0.6) is 0 Å². The van der Waals surface area contributed by atoms with Crippen molar-refractivity contribution in [2.24, 2.45) is 0 Å². The molecule has 1 atom stereocenters. The fraction of sp³-hybridized carbons (Fsp3) is 0.583. The SMILES string of the molecule is C[C@@H](O)CN1CCN(C(=O)c2ccc(Br)s2)CC1. The first kappa shape index (κ1) is 14.0. The van der Waals surface area contributed by atoms with E-state index in [4.69, 9.17) is 0 Å². The molecule has 1 aromatic heterocycles. The largest absolute Gasteiger partial charge is 0.392 e. The third-order valence-corrected chi connectivity index (χ3v) is 4.58. The number of hydrogen-bond donors (Lipinski definition) is 1. The van der Waals surface area contributed by atoms with Gasteiger partial charge in [0.15, 0.2) is 0 Å². The summed E-state index contributed by atoms with van der Waals surface area (Å²) < 4.78 is 0.985. The number of aliphatic hydroxyl groups is 1. The average molecular weight is 333 g/mol. The van der Waals surface area contributed by atoms with Gasteiger partial charge in [-0.2, -0.15) is 0 Å². The summed E-state index contributed by atoms with van der Waals surface area (Å²) in [6, 6.07) is 3.76. The van der Waals surface area contributed by atoms with Crippen LogP contribution >= 0.6 is 27.3 Å². The lowest BCUT2D eigenvalue weighted by Gasteiger charge is -2.35. The molecule has 6 heteroatoms. The summed E-state index contributed by atoms with van der Waals surface area (Å²) in [5.74, 6) is 0.113. The van der Waals surface area contributed by atoms with Crippen molar-refractivity contribution in [3.8, 4) is 0 Å². The molecule has 1 fully saturated rings. The quantitative estimate of drug-likeness (QED) is 0.915. The number of carbonyl (C=O) groups is 1. The minimum Gasteiger partial charge on any atom is -0.392 e. The van der Waals surface area contributed by atoms with Crippen molar-refractivity contribution in [1.29, 1.82) is 0 Å². The summed E-state index contributed by atoms with van der Waals surface area (Å²) in [6.45, 7) is 5.63. The highest BCUT2D eigenvalue weighted by Crippen LogP contribution is 2.23. The van der Waals surface area contributed by atoms with E-state index in [1.165, 1.54) is 11.3 Å². The Balaban J connectivity index is 1.88. The zero-order chi connectivity index (χ0) is 13.1. The summed E-state index contributed by atoms with van der Waals surface area (Å²) in [5, 5.41) is 9.33. The van der Waals surface area contributed by atoms with Crippen molar-refractivity contribution in [3.05, 3.63) is 20.8 Å². The number of β-amino-alcohol motifs (C(OH)–C–C–N with tert-alkyl or cyclic N) is 1. The first-order valence-corrected chi connectivity index (χ1v) is 7.62. The lowest BCUT2D eigenvalue weighted by Crippen LogP contribution is -2.50. The Morgan fingerprint density at radius 1 is 1.44 bits per heavy atom. The van der Waals surface area contributed by atoms with Crippen molar-refractivity contribution in [3.63, 3.8) is 0 Å². The van der Waals surface area contributed by atoms with Gasteiger partial charge in [0.1, 0.15) is 0 Å². The summed E-state index contributed by atoms with van der Waals surface area (Å²) in [5.41, 5.74) is 0. The van der Waals surface area contributed by atoms with Crippen molar-refractivity contribution in [1.82, 2.24) is 9.80 Å². The number of piperazine rings is 1. The lowest BCUT2D eigenvalue weighted by molar-refractivity contribution is 0.0558. The van der Waals surface area contributed by atoms with Crippen LogP contribution in [0.4, 0.5) is 0 Å². The summed E-state index contributed by atoms with van der Waals surface area (Å²) in [6.07, 6.45) is -0.305. The van der Waals surface area contributed by atoms with E-state index in [1.807, 2.05) is 17.0 Å². The predicted molar refractivity (Wildman–Crippen MR) is 76.0 cm³/mol. The van der Waals surface area contributed by atoms with Crippen LogP contribution < -0.4 is 0 Å². The van der Waals surface area contributed by atoms with Crippen LogP contribution in [0, 0.1) is 0 Å². The van der Waals surface area contributed by atoms with Gasteiger partial charge in [-0.05, 0) is 35.0 Å². The van der Waals surface area contributed by atoms with E-state index in [2.05, 4.69) is 20.8 Å². The number of carbonyl (C=O) groups excluding carboxylic acids is 1. The van der Waals surface area contributed by atoms with E-state index >= 15 is 0 Å². The van der Waals surface area contributed by atoms with Crippen LogP contribution in [0.1, 0.15) is 16.6 Å². The number of rotatable bonds is 3. The standard InChI is InChI=1S/C12H17BrN2O2S/c1-9(16)8-14-4-6-15(7-5-14)12(17)10-2-3-11(13)18-10/h2-3,9,16H,4-8H2,1H3/t9-/m1/s1. The van der Waals surface area contributed by atoms with Gasteiger partial charge in [-0.3, -0.25) is 9.69 Å². The predicted octanol–water partition coefficient (Wildman–Crippen LogP) is 1.65. The minimum atomic E-state index is -0.305. The van der Waals surface area contributed by atoms with Crippen LogP contribution in [0.25, 0.3) is 0 Å². The maximum absolute atomic E-state index is 12.2. The molecule has 0 aliphatic carbocycles. The normalized spacial score (nSPS) is 18.9. The average Bonchev–Trinajstić information content (AvgIpc) is 2.75. The van der Waals surface area contributed by atoms with E-state index < -0.39 is 0 Å². The van der Waals surface area contributed by atoms with E-state index in [9.17, 15) is 9.90 Å². The smallest absolute Gasteiger partial charge is 0.264 e. The lowest BCUT2D eigenvalue weighted by atomic mass is 10.2. The molecule has 2 heterocycles. The van der Waals surface area contributed by atoms with Crippen molar-refractivity contribution in [2.75, 3.05) is 32.7 Å². The maximum Gasteiger partial charge on any atom is 0.264 e. The monoisotopic (exact) mass is 332 g/mol. The number of aliphatic hydroxyl groups excluding tert-OH is 1. The number of amides is 1. The third kappa shape index (κ3) is 3.54. The number of hydrogen-bond acceptors (Lipinski definition) is 4. The van der Waals surface area contributed by atoms with Crippen molar-refractivity contribution in [2.45, 2.75) is 13.0 Å². The highest BCUT2D eigenvalue weighted by molar-refractivity contribution is 9.11. The van der Waals surface area contributed by atoms with E-state index in [-0.39, 0.29) is 12.0 Å². The van der Waals surface area contributed by atoms with Gasteiger partial charge >= 0.3 is 0 Å². The third-order valence-electron chi connectivity index (χ3n) is 2.97. The van der Waals surface area contributed by atoms with Gasteiger partial charge in [-0.25, -0.2) is 0 Å².